The van der Waals surface area contributed by atoms with Gasteiger partial charge in [-0.2, -0.15) is 0 Å². The van der Waals surface area contributed by atoms with Gasteiger partial charge in [-0.3, -0.25) is 4.79 Å². The van der Waals surface area contributed by atoms with Crippen LogP contribution in [-0.4, -0.2) is 5.97 Å². The molecule has 0 radical (unpaired) electrons. The van der Waals surface area contributed by atoms with Crippen molar-refractivity contribution in [2.45, 2.75) is 32.6 Å². The molecule has 2 rings (SSSR count). The number of carbonyl (C=O) groups excluding carboxylic acids is 1. The second-order valence-corrected chi connectivity index (χ2v) is 4.05. The Morgan fingerprint density at radius 2 is 2.00 bits per heavy atom. The number of unbranched alkanes of at least 4 members (excludes halogenated alkanes) is 1. The summed E-state index contributed by atoms with van der Waals surface area (Å²) in [4.78, 5) is 11.0. The molecule has 1 aromatic carbocycles. The van der Waals surface area contributed by atoms with Crippen molar-refractivity contribution in [1.82, 2.24) is 0 Å². The van der Waals surface area contributed by atoms with E-state index in [2.05, 4.69) is 19.1 Å². The summed E-state index contributed by atoms with van der Waals surface area (Å²) in [6.45, 7) is 2.19. The molecular weight excluding hydrogens is 200 g/mol. The molecule has 0 atom stereocenters. The largest absolute Gasteiger partial charge is 0.426 e. The lowest BCUT2D eigenvalue weighted by Gasteiger charge is -2.04. The van der Waals surface area contributed by atoms with Crippen molar-refractivity contribution in [2.75, 3.05) is 0 Å². The third-order valence-electron chi connectivity index (χ3n) is 2.74. The Labute approximate surface area is 95.9 Å². The number of ether oxygens (including phenoxy) is 1. The van der Waals surface area contributed by atoms with Crippen LogP contribution in [0.3, 0.4) is 0 Å². The average molecular weight is 216 g/mol. The molecule has 16 heavy (non-hydrogen) atoms. The van der Waals surface area contributed by atoms with E-state index in [4.69, 9.17) is 4.74 Å². The van der Waals surface area contributed by atoms with Crippen LogP contribution in [0.15, 0.2) is 30.3 Å². The summed E-state index contributed by atoms with van der Waals surface area (Å²) in [7, 11) is 0. The van der Waals surface area contributed by atoms with E-state index in [0.29, 0.717) is 12.2 Å². The molecule has 84 valence electrons. The van der Waals surface area contributed by atoms with Gasteiger partial charge in [0.1, 0.15) is 5.76 Å². The summed E-state index contributed by atoms with van der Waals surface area (Å²) >= 11 is 0. The fraction of sp³-hybridized carbons (Fsp3) is 0.357. The normalized spacial score (nSPS) is 14.8. The average Bonchev–Trinajstić information content (AvgIpc) is 2.74. The van der Waals surface area contributed by atoms with E-state index in [1.807, 2.05) is 18.2 Å². The lowest BCUT2D eigenvalue weighted by Crippen LogP contribution is -1.94. The molecule has 1 aliphatic heterocycles. The Kier molecular flexibility index (Phi) is 3.40. The van der Waals surface area contributed by atoms with Gasteiger partial charge in [0.2, 0.25) is 0 Å². The summed E-state index contributed by atoms with van der Waals surface area (Å²) in [6, 6.07) is 8.26. The summed E-state index contributed by atoms with van der Waals surface area (Å²) in [5, 5.41) is 0. The highest BCUT2D eigenvalue weighted by Crippen LogP contribution is 2.23. The van der Waals surface area contributed by atoms with Gasteiger partial charge in [0, 0.05) is 5.56 Å². The predicted octanol–water partition coefficient (Wildman–Crippen LogP) is 3.32. The summed E-state index contributed by atoms with van der Waals surface area (Å²) in [5.74, 6) is 0.539. The van der Waals surface area contributed by atoms with Crippen LogP contribution < -0.4 is 0 Å². The lowest BCUT2D eigenvalue weighted by atomic mass is 10.1. The molecule has 0 aliphatic carbocycles. The minimum atomic E-state index is -0.162. The quantitative estimate of drug-likeness (QED) is 0.722. The minimum absolute atomic E-state index is 0.162. The molecule has 0 aromatic heterocycles. The Hall–Kier alpha value is -1.57. The van der Waals surface area contributed by atoms with E-state index in [1.165, 1.54) is 18.4 Å². The summed E-state index contributed by atoms with van der Waals surface area (Å²) in [6.07, 6.45) is 5.79. The molecule has 0 bridgehead atoms. The Balaban J connectivity index is 2.05. The zero-order valence-corrected chi connectivity index (χ0v) is 9.53. The van der Waals surface area contributed by atoms with E-state index >= 15 is 0 Å². The van der Waals surface area contributed by atoms with E-state index < -0.39 is 0 Å². The van der Waals surface area contributed by atoms with Crippen LogP contribution in [0.2, 0.25) is 0 Å². The molecule has 0 saturated carbocycles. The van der Waals surface area contributed by atoms with Crippen LogP contribution in [0.5, 0.6) is 0 Å². The first kappa shape index (κ1) is 10.9. The SMILES string of the molecule is CCCCc1ccc(C2=CCC(=O)O2)cc1. The second kappa shape index (κ2) is 4.97. The van der Waals surface area contributed by atoms with Crippen LogP contribution >= 0.6 is 0 Å². The van der Waals surface area contributed by atoms with Crippen LogP contribution in [0, 0.1) is 0 Å². The van der Waals surface area contributed by atoms with Crippen LogP contribution in [0.4, 0.5) is 0 Å². The van der Waals surface area contributed by atoms with E-state index in [9.17, 15) is 4.79 Å². The van der Waals surface area contributed by atoms with Gasteiger partial charge >= 0.3 is 5.97 Å². The van der Waals surface area contributed by atoms with E-state index in [-0.39, 0.29) is 5.97 Å². The van der Waals surface area contributed by atoms with Crippen molar-refractivity contribution < 1.29 is 9.53 Å². The lowest BCUT2D eigenvalue weighted by molar-refractivity contribution is -0.134. The maximum Gasteiger partial charge on any atom is 0.315 e. The van der Waals surface area contributed by atoms with Crippen molar-refractivity contribution in [3.8, 4) is 0 Å². The van der Waals surface area contributed by atoms with Gasteiger partial charge in [0.25, 0.3) is 0 Å². The number of aryl methyl sites for hydroxylation is 1. The van der Waals surface area contributed by atoms with Gasteiger partial charge in [-0.15, -0.1) is 0 Å². The third kappa shape index (κ3) is 2.51. The second-order valence-electron chi connectivity index (χ2n) is 4.05. The first-order valence-corrected chi connectivity index (χ1v) is 5.79. The highest BCUT2D eigenvalue weighted by atomic mass is 16.5. The Morgan fingerprint density at radius 1 is 1.25 bits per heavy atom. The molecule has 1 aliphatic rings. The first-order valence-electron chi connectivity index (χ1n) is 5.79. The highest BCUT2D eigenvalue weighted by Gasteiger charge is 2.15. The molecule has 0 saturated heterocycles. The van der Waals surface area contributed by atoms with Crippen molar-refractivity contribution in [2.24, 2.45) is 0 Å². The maximum atomic E-state index is 11.0. The predicted molar refractivity (Wildman–Crippen MR) is 63.7 cm³/mol. The zero-order chi connectivity index (χ0) is 11.4. The molecular formula is C14H16O2. The van der Waals surface area contributed by atoms with Crippen molar-refractivity contribution in [3.05, 3.63) is 41.5 Å². The van der Waals surface area contributed by atoms with Gasteiger partial charge in [-0.1, -0.05) is 37.6 Å². The van der Waals surface area contributed by atoms with Crippen molar-refractivity contribution >= 4 is 11.7 Å². The van der Waals surface area contributed by atoms with Gasteiger partial charge < -0.3 is 4.74 Å². The molecule has 2 nitrogen and oxygen atoms in total. The topological polar surface area (TPSA) is 26.3 Å². The zero-order valence-electron chi connectivity index (χ0n) is 9.53. The smallest absolute Gasteiger partial charge is 0.315 e. The van der Waals surface area contributed by atoms with Gasteiger partial charge in [0.15, 0.2) is 0 Å². The number of carbonyl (C=O) groups is 1. The third-order valence-corrected chi connectivity index (χ3v) is 2.74. The fourth-order valence-electron chi connectivity index (χ4n) is 1.78. The van der Waals surface area contributed by atoms with Crippen LogP contribution in [0.1, 0.15) is 37.3 Å². The Morgan fingerprint density at radius 3 is 2.56 bits per heavy atom. The molecule has 0 unspecified atom stereocenters. The molecule has 2 heteroatoms. The number of esters is 1. The molecule has 1 heterocycles. The number of hydrogen-bond donors (Lipinski definition) is 0. The molecule has 0 fully saturated rings. The fourth-order valence-corrected chi connectivity index (χ4v) is 1.78. The molecule has 0 amide bonds. The van der Waals surface area contributed by atoms with Crippen molar-refractivity contribution in [3.63, 3.8) is 0 Å². The van der Waals surface area contributed by atoms with Crippen LogP contribution in [-0.2, 0) is 16.0 Å². The maximum absolute atomic E-state index is 11.0. The first-order chi connectivity index (χ1) is 7.79. The number of rotatable bonds is 4. The standard InChI is InChI=1S/C14H16O2/c1-2-3-4-11-5-7-12(8-6-11)13-9-10-14(15)16-13/h5-9H,2-4,10H2,1H3. The number of cyclic esters (lactones) is 1. The number of hydrogen-bond acceptors (Lipinski definition) is 2. The minimum Gasteiger partial charge on any atom is -0.426 e. The molecule has 0 N–H and O–H groups in total. The monoisotopic (exact) mass is 216 g/mol. The Bertz CT molecular complexity index is 401. The van der Waals surface area contributed by atoms with E-state index in [1.54, 1.807) is 0 Å². The summed E-state index contributed by atoms with van der Waals surface area (Å²) < 4.78 is 5.09. The molecule has 1 aromatic rings. The van der Waals surface area contributed by atoms with Crippen LogP contribution in [0.25, 0.3) is 5.76 Å². The number of benzene rings is 1. The van der Waals surface area contributed by atoms with E-state index in [0.717, 1.165) is 12.0 Å². The highest BCUT2D eigenvalue weighted by molar-refractivity contribution is 5.85. The van der Waals surface area contributed by atoms with Gasteiger partial charge in [-0.05, 0) is 24.5 Å². The van der Waals surface area contributed by atoms with Gasteiger partial charge in [-0.25, -0.2) is 0 Å². The van der Waals surface area contributed by atoms with Crippen molar-refractivity contribution in [1.29, 1.82) is 0 Å². The van der Waals surface area contributed by atoms with Gasteiger partial charge in [0.05, 0.1) is 6.42 Å². The molecule has 0 spiro atoms. The summed E-state index contributed by atoms with van der Waals surface area (Å²) in [5.41, 5.74) is 2.33.